The number of carbonyl (C=O) groups excluding carboxylic acids is 4. The Hall–Kier alpha value is -5.13. The fraction of sp³-hybridized carbons (Fsp3) is 0.333. The van der Waals surface area contributed by atoms with Crippen LogP contribution in [0.5, 0.6) is 17.2 Å². The van der Waals surface area contributed by atoms with Crippen LogP contribution in [-0.4, -0.2) is 74.7 Å². The number of rotatable bonds is 3. The number of nitrogens with one attached hydrogen (secondary N) is 2. The maximum Gasteiger partial charge on any atom is 0.337 e. The van der Waals surface area contributed by atoms with Gasteiger partial charge in [0.25, 0.3) is 11.8 Å². The number of benzene rings is 3. The number of methoxy groups -OCH3 is 2. The van der Waals surface area contributed by atoms with Gasteiger partial charge in [-0.1, -0.05) is 6.07 Å². The molecule has 0 radical (unpaired) electrons. The lowest BCUT2D eigenvalue weighted by atomic mass is 10.00. The number of likely N-dealkylation sites (tertiary alicyclic amines) is 1. The monoisotopic (exact) mass is 619 g/mol. The van der Waals surface area contributed by atoms with Gasteiger partial charge in [0.05, 0.1) is 25.8 Å². The zero-order valence-electron chi connectivity index (χ0n) is 25.0. The van der Waals surface area contributed by atoms with Gasteiger partial charge in [0.1, 0.15) is 17.7 Å². The molecule has 0 saturated carbocycles. The molecule has 3 amide bonds. The van der Waals surface area contributed by atoms with Gasteiger partial charge < -0.3 is 34.5 Å². The molecule has 236 valence electrons. The highest BCUT2D eigenvalue weighted by Gasteiger charge is 2.35. The Kier molecular flexibility index (Phi) is 9.81. The molecule has 0 aromatic heterocycles. The Balaban J connectivity index is 1.40. The lowest BCUT2D eigenvalue weighted by molar-refractivity contribution is -0.125. The van der Waals surface area contributed by atoms with Crippen LogP contribution < -0.4 is 24.8 Å². The van der Waals surface area contributed by atoms with Crippen LogP contribution in [0, 0.1) is 5.82 Å². The van der Waals surface area contributed by atoms with E-state index in [2.05, 4.69) is 10.6 Å². The molecule has 3 aromatic rings. The molecule has 2 N–H and O–H groups in total. The summed E-state index contributed by atoms with van der Waals surface area (Å²) in [6.45, 7) is 0.154. The second kappa shape index (κ2) is 14.1. The van der Waals surface area contributed by atoms with Crippen molar-refractivity contribution >= 4 is 23.7 Å². The molecule has 2 aliphatic heterocycles. The molecule has 1 fully saturated rings. The normalized spacial score (nSPS) is 18.9. The fourth-order valence-corrected chi connectivity index (χ4v) is 5.34. The van der Waals surface area contributed by atoms with Crippen molar-refractivity contribution in [2.75, 3.05) is 33.9 Å². The third kappa shape index (κ3) is 7.88. The van der Waals surface area contributed by atoms with E-state index in [1.807, 2.05) is 6.07 Å². The molecule has 11 nitrogen and oxygen atoms in total. The molecule has 12 heteroatoms. The molecule has 0 spiro atoms. The molecule has 2 atom stereocenters. The summed E-state index contributed by atoms with van der Waals surface area (Å²) < 4.78 is 36.7. The molecule has 5 rings (SSSR count). The molecule has 0 unspecified atom stereocenters. The predicted octanol–water partition coefficient (Wildman–Crippen LogP) is 3.04. The van der Waals surface area contributed by atoms with E-state index in [1.54, 1.807) is 35.2 Å². The van der Waals surface area contributed by atoms with Gasteiger partial charge in [-0.2, -0.15) is 0 Å². The van der Waals surface area contributed by atoms with E-state index in [9.17, 15) is 23.6 Å². The van der Waals surface area contributed by atoms with Crippen LogP contribution in [0.2, 0.25) is 0 Å². The highest BCUT2D eigenvalue weighted by atomic mass is 19.1. The highest BCUT2D eigenvalue weighted by Crippen LogP contribution is 2.29. The minimum atomic E-state index is -0.674. The van der Waals surface area contributed by atoms with Gasteiger partial charge in [0.2, 0.25) is 5.91 Å². The average Bonchev–Trinajstić information content (AvgIpc) is 3.05. The van der Waals surface area contributed by atoms with Crippen LogP contribution in [0.25, 0.3) is 0 Å². The maximum atomic E-state index is 14.6. The number of nitrogens with zero attached hydrogens (tertiary/aromatic N) is 1. The van der Waals surface area contributed by atoms with Crippen molar-refractivity contribution in [2.24, 2.45) is 0 Å². The Bertz CT molecular complexity index is 1580. The summed E-state index contributed by atoms with van der Waals surface area (Å²) in [5.41, 5.74) is 2.00. The predicted molar refractivity (Wildman–Crippen MR) is 160 cm³/mol. The van der Waals surface area contributed by atoms with Gasteiger partial charge in [-0.05, 0) is 66.1 Å². The van der Waals surface area contributed by atoms with Gasteiger partial charge in [0.15, 0.2) is 18.1 Å². The van der Waals surface area contributed by atoms with E-state index in [-0.39, 0.29) is 43.7 Å². The summed E-state index contributed by atoms with van der Waals surface area (Å²) in [7, 11) is 2.77. The van der Waals surface area contributed by atoms with Crippen molar-refractivity contribution in [3.05, 3.63) is 88.7 Å². The van der Waals surface area contributed by atoms with Gasteiger partial charge in [-0.3, -0.25) is 14.4 Å². The minimum absolute atomic E-state index is 0.102. The molecule has 2 aliphatic rings. The van der Waals surface area contributed by atoms with Crippen molar-refractivity contribution in [1.29, 1.82) is 0 Å². The van der Waals surface area contributed by atoms with E-state index in [1.165, 1.54) is 38.5 Å². The third-order valence-electron chi connectivity index (χ3n) is 7.67. The quantitative estimate of drug-likeness (QED) is 0.428. The van der Waals surface area contributed by atoms with E-state index in [0.29, 0.717) is 47.6 Å². The maximum absolute atomic E-state index is 14.6. The number of fused-ring (bicyclic) bond motifs is 5. The largest absolute Gasteiger partial charge is 0.493 e. The molecular formula is C33H34FN3O8. The van der Waals surface area contributed by atoms with E-state index >= 15 is 0 Å². The number of halogens is 1. The first kappa shape index (κ1) is 31.3. The van der Waals surface area contributed by atoms with Crippen LogP contribution in [0.4, 0.5) is 4.39 Å². The van der Waals surface area contributed by atoms with Crippen molar-refractivity contribution in [3.63, 3.8) is 0 Å². The summed E-state index contributed by atoms with van der Waals surface area (Å²) >= 11 is 0. The smallest absolute Gasteiger partial charge is 0.337 e. The summed E-state index contributed by atoms with van der Waals surface area (Å²) in [4.78, 5) is 52.5. The van der Waals surface area contributed by atoms with Crippen molar-refractivity contribution in [2.45, 2.75) is 38.0 Å². The molecule has 3 aromatic carbocycles. The number of piperidine rings is 1. The Morgan fingerprint density at radius 2 is 1.71 bits per heavy atom. The van der Waals surface area contributed by atoms with Gasteiger partial charge in [-0.15, -0.1) is 0 Å². The SMILES string of the molecule is COC(=O)c1ccc(C(=O)N2CC[C@H]3Oc4cc(F)cc(c4)CNC(=O)CCc4ccc(OC)c(c4)OCC(=O)N[C@@H]3C2)cc1. The number of esters is 1. The van der Waals surface area contributed by atoms with Crippen molar-refractivity contribution in [3.8, 4) is 17.2 Å². The van der Waals surface area contributed by atoms with Crippen LogP contribution in [0.15, 0.2) is 60.7 Å². The van der Waals surface area contributed by atoms with Crippen molar-refractivity contribution in [1.82, 2.24) is 15.5 Å². The van der Waals surface area contributed by atoms with Crippen LogP contribution in [0.3, 0.4) is 0 Å². The third-order valence-corrected chi connectivity index (χ3v) is 7.67. The summed E-state index contributed by atoms with van der Waals surface area (Å²) in [6.07, 6.45) is 0.325. The van der Waals surface area contributed by atoms with Crippen LogP contribution in [0.1, 0.15) is 44.7 Å². The number of amides is 3. The standard InChI is InChI=1S/C33H34FN3O8/c1-42-28-9-3-20-4-10-30(38)35-17-21-13-24(34)16-25(14-21)45-27-11-12-37(18-26(27)36-31(39)19-44-29(28)15-20)32(40)22-5-7-23(8-6-22)33(41)43-2/h3,5-9,13-16,26-27H,4,10-12,17-19H2,1-2H3,(H,35,38)(H,36,39)/t26-,27-/m1/s1. The summed E-state index contributed by atoms with van der Waals surface area (Å²) in [6, 6.07) is 14.9. The fourth-order valence-electron chi connectivity index (χ4n) is 5.34. The molecular weight excluding hydrogens is 585 g/mol. The summed E-state index contributed by atoms with van der Waals surface area (Å²) in [5, 5.41) is 5.75. The number of hydrogen-bond donors (Lipinski definition) is 2. The van der Waals surface area contributed by atoms with Gasteiger partial charge in [-0.25, -0.2) is 9.18 Å². The second-order valence-electron chi connectivity index (χ2n) is 10.8. The molecule has 0 aliphatic carbocycles. The molecule has 45 heavy (non-hydrogen) atoms. The topological polar surface area (TPSA) is 132 Å². The summed E-state index contributed by atoms with van der Waals surface area (Å²) in [5.74, 6) is -0.995. The first-order chi connectivity index (χ1) is 21.7. The Morgan fingerprint density at radius 1 is 0.933 bits per heavy atom. The number of carbonyl (C=O) groups is 4. The lowest BCUT2D eigenvalue weighted by Crippen LogP contribution is -2.58. The zero-order valence-corrected chi connectivity index (χ0v) is 25.0. The van der Waals surface area contributed by atoms with Crippen LogP contribution >= 0.6 is 0 Å². The Labute approximate surface area is 259 Å². The molecule has 1 saturated heterocycles. The van der Waals surface area contributed by atoms with Crippen LogP contribution in [-0.2, 0) is 27.3 Å². The van der Waals surface area contributed by atoms with E-state index in [4.69, 9.17) is 18.9 Å². The highest BCUT2D eigenvalue weighted by molar-refractivity contribution is 5.96. The van der Waals surface area contributed by atoms with E-state index in [0.717, 1.165) is 5.56 Å². The first-order valence-electron chi connectivity index (χ1n) is 14.5. The van der Waals surface area contributed by atoms with Crippen molar-refractivity contribution < 1.29 is 42.5 Å². The Morgan fingerprint density at radius 3 is 2.47 bits per heavy atom. The zero-order chi connectivity index (χ0) is 31.9. The van der Waals surface area contributed by atoms with Gasteiger partial charge in [0, 0.05) is 44.1 Å². The number of ether oxygens (including phenoxy) is 4. The van der Waals surface area contributed by atoms with Gasteiger partial charge >= 0.3 is 5.97 Å². The second-order valence-corrected chi connectivity index (χ2v) is 10.8. The first-order valence-corrected chi connectivity index (χ1v) is 14.5. The molecule has 2 heterocycles. The number of aryl methyl sites for hydroxylation is 1. The lowest BCUT2D eigenvalue weighted by Gasteiger charge is -2.39. The average molecular weight is 620 g/mol. The number of hydrogen-bond acceptors (Lipinski definition) is 8. The minimum Gasteiger partial charge on any atom is -0.493 e. The molecule has 4 bridgehead atoms. The van der Waals surface area contributed by atoms with E-state index < -0.39 is 29.8 Å².